The summed E-state index contributed by atoms with van der Waals surface area (Å²) in [4.78, 5) is 0. The largest absolute Gasteiger partial charge is 0.382 e. The van der Waals surface area contributed by atoms with Crippen LogP contribution in [0.15, 0.2) is 4.47 Å². The van der Waals surface area contributed by atoms with Gasteiger partial charge in [0.1, 0.15) is 0 Å². The number of rotatable bonds is 8. The van der Waals surface area contributed by atoms with Crippen molar-refractivity contribution in [1.29, 1.82) is 0 Å². The Hall–Kier alpha value is -0.390. The lowest BCUT2D eigenvalue weighted by atomic mass is 10.1. The Labute approximate surface area is 118 Å². The van der Waals surface area contributed by atoms with Crippen molar-refractivity contribution >= 4 is 15.9 Å². The Bertz CT molecular complexity index is 365. The second-order valence-corrected chi connectivity index (χ2v) is 5.12. The Balaban J connectivity index is 2.67. The van der Waals surface area contributed by atoms with Gasteiger partial charge < -0.3 is 10.5 Å². The molecule has 0 radical (unpaired) electrons. The molecule has 4 nitrogen and oxygen atoms in total. The molecule has 0 aliphatic heterocycles. The van der Waals surface area contributed by atoms with E-state index in [0.29, 0.717) is 0 Å². The maximum Gasteiger partial charge on any atom is 0.0766 e. The fourth-order valence-electron chi connectivity index (χ4n) is 1.94. The minimum absolute atomic E-state index is 0.125. The van der Waals surface area contributed by atoms with Crippen molar-refractivity contribution in [3.8, 4) is 0 Å². The highest BCUT2D eigenvalue weighted by molar-refractivity contribution is 9.10. The predicted octanol–water partition coefficient (Wildman–Crippen LogP) is 2.52. The van der Waals surface area contributed by atoms with Crippen LogP contribution in [-0.4, -0.2) is 29.0 Å². The second-order valence-electron chi connectivity index (χ2n) is 4.33. The smallest absolute Gasteiger partial charge is 0.0766 e. The molecule has 1 aromatic heterocycles. The lowest BCUT2D eigenvalue weighted by Crippen LogP contribution is -2.26. The van der Waals surface area contributed by atoms with Gasteiger partial charge in [0, 0.05) is 32.2 Å². The maximum absolute atomic E-state index is 6.15. The van der Waals surface area contributed by atoms with Crippen LogP contribution >= 0.6 is 15.9 Å². The average Bonchev–Trinajstić information content (AvgIpc) is 2.66. The molecule has 1 aromatic rings. The summed E-state index contributed by atoms with van der Waals surface area (Å²) in [6.07, 6.45) is 2.67. The lowest BCUT2D eigenvalue weighted by molar-refractivity contribution is 0.139. The van der Waals surface area contributed by atoms with E-state index >= 15 is 0 Å². The first-order valence-corrected chi connectivity index (χ1v) is 7.50. The summed E-state index contributed by atoms with van der Waals surface area (Å²) in [7, 11) is 0. The first-order valence-electron chi connectivity index (χ1n) is 6.71. The van der Waals surface area contributed by atoms with Gasteiger partial charge in [-0.25, -0.2) is 0 Å². The van der Waals surface area contributed by atoms with Crippen molar-refractivity contribution in [2.24, 2.45) is 5.73 Å². The SMILES string of the molecule is CCOCCC(N)Cc1c(Br)c(CC)nn1CC. The average molecular weight is 318 g/mol. The van der Waals surface area contributed by atoms with E-state index in [-0.39, 0.29) is 6.04 Å². The van der Waals surface area contributed by atoms with Crippen LogP contribution in [0.25, 0.3) is 0 Å². The highest BCUT2D eigenvalue weighted by Crippen LogP contribution is 2.23. The minimum atomic E-state index is 0.125. The molecule has 1 rings (SSSR count). The highest BCUT2D eigenvalue weighted by Gasteiger charge is 2.16. The van der Waals surface area contributed by atoms with E-state index in [2.05, 4.69) is 34.9 Å². The van der Waals surface area contributed by atoms with E-state index < -0.39 is 0 Å². The van der Waals surface area contributed by atoms with Gasteiger partial charge in [0.05, 0.1) is 15.9 Å². The molecule has 18 heavy (non-hydrogen) atoms. The third-order valence-electron chi connectivity index (χ3n) is 2.99. The van der Waals surface area contributed by atoms with Crippen molar-refractivity contribution in [3.05, 3.63) is 15.9 Å². The molecule has 0 fully saturated rings. The van der Waals surface area contributed by atoms with Crippen LogP contribution < -0.4 is 5.73 Å². The van der Waals surface area contributed by atoms with Gasteiger partial charge in [-0.05, 0) is 42.6 Å². The summed E-state index contributed by atoms with van der Waals surface area (Å²) in [5, 5.41) is 4.58. The van der Waals surface area contributed by atoms with E-state index in [1.165, 1.54) is 5.69 Å². The fraction of sp³-hybridized carbons (Fsp3) is 0.769. The van der Waals surface area contributed by atoms with Crippen LogP contribution in [-0.2, 0) is 24.1 Å². The number of hydrogen-bond donors (Lipinski definition) is 1. The molecule has 0 spiro atoms. The predicted molar refractivity (Wildman–Crippen MR) is 77.8 cm³/mol. The van der Waals surface area contributed by atoms with Gasteiger partial charge in [0.2, 0.25) is 0 Å². The third-order valence-corrected chi connectivity index (χ3v) is 3.90. The van der Waals surface area contributed by atoms with Crippen LogP contribution in [0.3, 0.4) is 0 Å². The van der Waals surface area contributed by atoms with Crippen LogP contribution in [0, 0.1) is 0 Å². The van der Waals surface area contributed by atoms with E-state index in [1.807, 2.05) is 11.6 Å². The molecule has 0 amide bonds. The van der Waals surface area contributed by atoms with Gasteiger partial charge in [0.15, 0.2) is 0 Å². The zero-order chi connectivity index (χ0) is 13.5. The van der Waals surface area contributed by atoms with Gasteiger partial charge in [-0.2, -0.15) is 5.10 Å². The minimum Gasteiger partial charge on any atom is -0.382 e. The van der Waals surface area contributed by atoms with Gasteiger partial charge in [-0.1, -0.05) is 6.92 Å². The van der Waals surface area contributed by atoms with Crippen molar-refractivity contribution in [1.82, 2.24) is 9.78 Å². The molecule has 0 aliphatic rings. The van der Waals surface area contributed by atoms with Gasteiger partial charge in [-0.3, -0.25) is 4.68 Å². The molecule has 0 saturated carbocycles. The van der Waals surface area contributed by atoms with Crippen molar-refractivity contribution in [2.75, 3.05) is 13.2 Å². The number of ether oxygens (including phenoxy) is 1. The third kappa shape index (κ3) is 4.07. The highest BCUT2D eigenvalue weighted by atomic mass is 79.9. The second kappa shape index (κ2) is 7.92. The standard InChI is InChI=1S/C13H24BrN3O/c1-4-11-13(14)12(17(5-2)16-11)9-10(15)7-8-18-6-3/h10H,4-9,15H2,1-3H3. The molecule has 2 N–H and O–H groups in total. The Kier molecular flexibility index (Phi) is 6.89. The lowest BCUT2D eigenvalue weighted by Gasteiger charge is -2.13. The summed E-state index contributed by atoms with van der Waals surface area (Å²) < 4.78 is 8.51. The van der Waals surface area contributed by atoms with Crippen molar-refractivity contribution < 1.29 is 4.74 Å². The molecular formula is C13H24BrN3O. The normalized spacial score (nSPS) is 12.9. The van der Waals surface area contributed by atoms with E-state index in [1.54, 1.807) is 0 Å². The fourth-order valence-corrected chi connectivity index (χ4v) is 2.67. The monoisotopic (exact) mass is 317 g/mol. The molecule has 5 heteroatoms. The number of aromatic nitrogens is 2. The van der Waals surface area contributed by atoms with E-state index in [4.69, 9.17) is 10.5 Å². The Morgan fingerprint density at radius 1 is 1.39 bits per heavy atom. The summed E-state index contributed by atoms with van der Waals surface area (Å²) >= 11 is 3.64. The van der Waals surface area contributed by atoms with E-state index in [9.17, 15) is 0 Å². The number of nitrogens with two attached hydrogens (primary N) is 1. The molecule has 0 aliphatic carbocycles. The van der Waals surface area contributed by atoms with Crippen LogP contribution in [0.5, 0.6) is 0 Å². The van der Waals surface area contributed by atoms with Crippen LogP contribution in [0.1, 0.15) is 38.6 Å². The summed E-state index contributed by atoms with van der Waals surface area (Å²) in [5.41, 5.74) is 8.47. The maximum atomic E-state index is 6.15. The number of hydrogen-bond acceptors (Lipinski definition) is 3. The summed E-state index contributed by atoms with van der Waals surface area (Å²) in [5.74, 6) is 0. The van der Waals surface area contributed by atoms with Crippen LogP contribution in [0.2, 0.25) is 0 Å². The molecule has 1 heterocycles. The zero-order valence-corrected chi connectivity index (χ0v) is 13.2. The van der Waals surface area contributed by atoms with Crippen LogP contribution in [0.4, 0.5) is 0 Å². The molecule has 0 aromatic carbocycles. The Morgan fingerprint density at radius 3 is 2.67 bits per heavy atom. The quantitative estimate of drug-likeness (QED) is 0.750. The summed E-state index contributed by atoms with van der Waals surface area (Å²) in [6, 6.07) is 0.125. The van der Waals surface area contributed by atoms with Crippen molar-refractivity contribution in [3.63, 3.8) is 0 Å². The molecular weight excluding hydrogens is 294 g/mol. The molecule has 104 valence electrons. The molecule has 0 saturated heterocycles. The number of aryl methyl sites for hydroxylation is 2. The van der Waals surface area contributed by atoms with Gasteiger partial charge in [0.25, 0.3) is 0 Å². The first kappa shape index (κ1) is 15.7. The number of halogens is 1. The zero-order valence-electron chi connectivity index (χ0n) is 11.6. The molecule has 1 unspecified atom stereocenters. The topological polar surface area (TPSA) is 53.1 Å². The van der Waals surface area contributed by atoms with Gasteiger partial charge in [-0.15, -0.1) is 0 Å². The van der Waals surface area contributed by atoms with E-state index in [0.717, 1.165) is 49.2 Å². The number of nitrogens with zero attached hydrogens (tertiary/aromatic N) is 2. The Morgan fingerprint density at radius 2 is 2.11 bits per heavy atom. The molecule has 1 atom stereocenters. The van der Waals surface area contributed by atoms with Crippen molar-refractivity contribution in [2.45, 2.75) is 52.6 Å². The first-order chi connectivity index (χ1) is 8.63. The molecule has 0 bridgehead atoms. The van der Waals surface area contributed by atoms with Gasteiger partial charge >= 0.3 is 0 Å². The summed E-state index contributed by atoms with van der Waals surface area (Å²) in [6.45, 7) is 8.59.